The first-order valence-corrected chi connectivity index (χ1v) is 8.73. The highest BCUT2D eigenvalue weighted by Gasteiger charge is 2.29. The molecule has 0 aromatic heterocycles. The second kappa shape index (κ2) is 7.66. The van der Waals surface area contributed by atoms with Gasteiger partial charge < -0.3 is 5.32 Å². The summed E-state index contributed by atoms with van der Waals surface area (Å²) in [6.07, 6.45) is 5.46. The van der Waals surface area contributed by atoms with Gasteiger partial charge in [-0.05, 0) is 31.5 Å². The monoisotopic (exact) mass is 310 g/mol. The molecule has 1 aromatic carbocycles. The van der Waals surface area contributed by atoms with Crippen LogP contribution in [0.3, 0.4) is 0 Å². The van der Waals surface area contributed by atoms with E-state index in [1.54, 1.807) is 12.1 Å². The van der Waals surface area contributed by atoms with Crippen molar-refractivity contribution < 1.29 is 9.13 Å². The van der Waals surface area contributed by atoms with Gasteiger partial charge in [0.1, 0.15) is 0 Å². The van der Waals surface area contributed by atoms with Gasteiger partial charge >= 0.3 is 0 Å². The fraction of sp³-hybridized carbons (Fsp3) is 0.600. The van der Waals surface area contributed by atoms with E-state index in [2.05, 4.69) is 12.2 Å². The van der Waals surface area contributed by atoms with Gasteiger partial charge in [0.15, 0.2) is 0 Å². The van der Waals surface area contributed by atoms with Crippen molar-refractivity contribution in [1.29, 1.82) is 0 Å². The largest absolute Gasteiger partial charge is 0.313 e. The lowest BCUT2D eigenvalue weighted by Gasteiger charge is -2.25. The van der Waals surface area contributed by atoms with Crippen LogP contribution in [0.1, 0.15) is 39.0 Å². The summed E-state index contributed by atoms with van der Waals surface area (Å²) in [6.45, 7) is 2.94. The van der Waals surface area contributed by atoms with Crippen LogP contribution in [0, 0.1) is 10.1 Å². The number of nitro benzene ring substituents is 1. The van der Waals surface area contributed by atoms with Crippen LogP contribution in [0.25, 0.3) is 0 Å². The molecule has 0 amide bonds. The van der Waals surface area contributed by atoms with Crippen molar-refractivity contribution in [3.8, 4) is 0 Å². The molecule has 3 atom stereocenters. The average Bonchev–Trinajstić information content (AvgIpc) is 2.72. The topological polar surface area (TPSA) is 72.2 Å². The maximum absolute atomic E-state index is 12.8. The van der Waals surface area contributed by atoms with Crippen LogP contribution in [-0.2, 0) is 10.8 Å². The van der Waals surface area contributed by atoms with Crippen LogP contribution in [-0.4, -0.2) is 27.0 Å². The standard InChI is InChI=1S/C15H22N2O3S/c1-2-16-14-6-4-3-5-7-15(14)21(20)13-10-8-12(9-11-13)17(18)19/h8-11,14-16H,2-7H2,1H3. The first kappa shape index (κ1) is 16.1. The number of hydrogen-bond donors (Lipinski definition) is 1. The smallest absolute Gasteiger partial charge is 0.269 e. The van der Waals surface area contributed by atoms with E-state index >= 15 is 0 Å². The molecule has 0 heterocycles. The quantitative estimate of drug-likeness (QED) is 0.515. The molecule has 1 N–H and O–H groups in total. The molecule has 1 aliphatic rings. The minimum absolute atomic E-state index is 0.0415. The fourth-order valence-corrected chi connectivity index (χ4v) is 4.57. The van der Waals surface area contributed by atoms with E-state index in [1.807, 2.05) is 0 Å². The van der Waals surface area contributed by atoms with Crippen LogP contribution in [0.2, 0.25) is 0 Å². The van der Waals surface area contributed by atoms with Crippen molar-refractivity contribution in [3.05, 3.63) is 34.4 Å². The lowest BCUT2D eigenvalue weighted by atomic mass is 10.1. The predicted molar refractivity (Wildman–Crippen MR) is 83.8 cm³/mol. The van der Waals surface area contributed by atoms with Crippen molar-refractivity contribution in [2.24, 2.45) is 0 Å². The fourth-order valence-electron chi connectivity index (χ4n) is 2.90. The van der Waals surface area contributed by atoms with E-state index in [9.17, 15) is 14.3 Å². The van der Waals surface area contributed by atoms with E-state index in [4.69, 9.17) is 0 Å². The second-order valence-electron chi connectivity index (χ2n) is 5.39. The molecule has 116 valence electrons. The zero-order chi connectivity index (χ0) is 15.2. The van der Waals surface area contributed by atoms with Gasteiger partial charge in [0.2, 0.25) is 0 Å². The summed E-state index contributed by atoms with van der Waals surface area (Å²) >= 11 is 0. The Labute approximate surface area is 127 Å². The number of nitrogens with zero attached hydrogens (tertiary/aromatic N) is 1. The van der Waals surface area contributed by atoms with E-state index in [0.717, 1.165) is 25.8 Å². The van der Waals surface area contributed by atoms with Crippen LogP contribution < -0.4 is 5.32 Å². The molecule has 21 heavy (non-hydrogen) atoms. The Morgan fingerprint density at radius 1 is 1.24 bits per heavy atom. The molecule has 0 spiro atoms. The molecule has 1 fully saturated rings. The zero-order valence-electron chi connectivity index (χ0n) is 12.3. The van der Waals surface area contributed by atoms with Crippen molar-refractivity contribution in [1.82, 2.24) is 5.32 Å². The molecule has 0 aliphatic heterocycles. The van der Waals surface area contributed by atoms with Crippen molar-refractivity contribution in [2.45, 2.75) is 55.2 Å². The lowest BCUT2D eigenvalue weighted by Crippen LogP contribution is -2.41. The zero-order valence-corrected chi connectivity index (χ0v) is 13.1. The molecule has 5 nitrogen and oxygen atoms in total. The van der Waals surface area contributed by atoms with Gasteiger partial charge in [0, 0.05) is 23.1 Å². The van der Waals surface area contributed by atoms with E-state index in [1.165, 1.54) is 25.0 Å². The Morgan fingerprint density at radius 3 is 2.52 bits per heavy atom. The number of benzene rings is 1. The predicted octanol–water partition coefficient (Wildman–Crippen LogP) is 3.01. The summed E-state index contributed by atoms with van der Waals surface area (Å²) < 4.78 is 12.8. The summed E-state index contributed by atoms with van der Waals surface area (Å²) in [5.41, 5.74) is 0.0415. The third-order valence-corrected chi connectivity index (χ3v) is 5.82. The molecular formula is C15H22N2O3S. The number of nitro groups is 1. The minimum atomic E-state index is -1.12. The number of rotatable bonds is 5. The number of hydrogen-bond acceptors (Lipinski definition) is 4. The van der Waals surface area contributed by atoms with E-state index in [0.29, 0.717) is 4.90 Å². The SMILES string of the molecule is CCNC1CCCCCC1S(=O)c1ccc([N+](=O)[O-])cc1. The van der Waals surface area contributed by atoms with E-state index < -0.39 is 15.7 Å². The average molecular weight is 310 g/mol. The molecule has 1 aromatic rings. The van der Waals surface area contributed by atoms with Gasteiger partial charge in [-0.25, -0.2) is 0 Å². The molecule has 6 heteroatoms. The first-order valence-electron chi connectivity index (χ1n) is 7.52. The normalized spacial score (nSPS) is 24.2. The molecule has 1 aliphatic carbocycles. The highest BCUT2D eigenvalue weighted by molar-refractivity contribution is 7.85. The maximum Gasteiger partial charge on any atom is 0.269 e. The Morgan fingerprint density at radius 2 is 1.90 bits per heavy atom. The number of non-ortho nitro benzene ring substituents is 1. The number of nitrogens with one attached hydrogen (secondary N) is 1. The van der Waals surface area contributed by atoms with Crippen LogP contribution >= 0.6 is 0 Å². The molecule has 3 unspecified atom stereocenters. The van der Waals surface area contributed by atoms with E-state index in [-0.39, 0.29) is 17.0 Å². The van der Waals surface area contributed by atoms with Crippen LogP contribution in [0.4, 0.5) is 5.69 Å². The van der Waals surface area contributed by atoms with Crippen molar-refractivity contribution >= 4 is 16.5 Å². The summed E-state index contributed by atoms with van der Waals surface area (Å²) in [4.78, 5) is 10.9. The maximum atomic E-state index is 12.8. The van der Waals surface area contributed by atoms with Gasteiger partial charge in [-0.15, -0.1) is 0 Å². The van der Waals surface area contributed by atoms with Gasteiger partial charge in [-0.2, -0.15) is 0 Å². The van der Waals surface area contributed by atoms with Crippen LogP contribution in [0.5, 0.6) is 0 Å². The second-order valence-corrected chi connectivity index (χ2v) is 7.06. The Balaban J connectivity index is 2.17. The summed E-state index contributed by atoms with van der Waals surface area (Å²) in [6, 6.07) is 6.40. The molecule has 1 saturated carbocycles. The minimum Gasteiger partial charge on any atom is -0.313 e. The molecule has 0 radical (unpaired) electrons. The third kappa shape index (κ3) is 4.11. The van der Waals surface area contributed by atoms with Gasteiger partial charge in [-0.3, -0.25) is 14.3 Å². The lowest BCUT2D eigenvalue weighted by molar-refractivity contribution is -0.384. The summed E-state index contributed by atoms with van der Waals surface area (Å²) in [7, 11) is -1.12. The van der Waals surface area contributed by atoms with Gasteiger partial charge in [0.25, 0.3) is 5.69 Å². The molecule has 0 bridgehead atoms. The van der Waals surface area contributed by atoms with Gasteiger partial charge in [0.05, 0.1) is 21.0 Å². The Bertz CT molecular complexity index is 504. The summed E-state index contributed by atoms with van der Waals surface area (Å²) in [5, 5.41) is 14.2. The highest BCUT2D eigenvalue weighted by atomic mass is 32.2. The Hall–Kier alpha value is -1.27. The Kier molecular flexibility index (Phi) is 5.87. The van der Waals surface area contributed by atoms with Crippen molar-refractivity contribution in [2.75, 3.05) is 6.54 Å². The molecule has 2 rings (SSSR count). The van der Waals surface area contributed by atoms with Crippen molar-refractivity contribution in [3.63, 3.8) is 0 Å². The molecular weight excluding hydrogens is 288 g/mol. The van der Waals surface area contributed by atoms with Crippen LogP contribution in [0.15, 0.2) is 29.2 Å². The third-order valence-electron chi connectivity index (χ3n) is 3.97. The highest BCUT2D eigenvalue weighted by Crippen LogP contribution is 2.26. The molecule has 0 saturated heterocycles. The van der Waals surface area contributed by atoms with Gasteiger partial charge in [-0.1, -0.05) is 26.2 Å². The first-order chi connectivity index (χ1) is 10.1. The summed E-state index contributed by atoms with van der Waals surface area (Å²) in [5.74, 6) is 0.